The van der Waals surface area contributed by atoms with E-state index in [9.17, 15) is 4.39 Å². The van der Waals surface area contributed by atoms with Crippen LogP contribution in [0.25, 0.3) is 0 Å². The summed E-state index contributed by atoms with van der Waals surface area (Å²) in [6.45, 7) is 4.27. The molecule has 0 fully saturated rings. The van der Waals surface area contributed by atoms with Gasteiger partial charge in [0.1, 0.15) is 18.2 Å². The first-order valence-corrected chi connectivity index (χ1v) is 6.63. The van der Waals surface area contributed by atoms with Gasteiger partial charge in [-0.05, 0) is 56.1 Å². The van der Waals surface area contributed by atoms with Crippen LogP contribution in [-0.4, -0.2) is 19.2 Å². The number of rotatable bonds is 7. The van der Waals surface area contributed by atoms with Crippen molar-refractivity contribution in [3.8, 4) is 5.75 Å². The van der Waals surface area contributed by atoms with Crippen molar-refractivity contribution in [1.29, 1.82) is 0 Å². The zero-order valence-corrected chi connectivity index (χ0v) is 11.5. The summed E-state index contributed by atoms with van der Waals surface area (Å²) < 4.78 is 21.5. The number of ether oxygens (including phenoxy) is 1. The molecule has 0 aromatic heterocycles. The van der Waals surface area contributed by atoms with E-state index in [0.29, 0.717) is 11.8 Å². The second kappa shape index (κ2) is 8.13. The van der Waals surface area contributed by atoms with Gasteiger partial charge in [0.25, 0.3) is 0 Å². The predicted octanol–water partition coefficient (Wildman–Crippen LogP) is 2.88. The molecule has 0 aliphatic carbocycles. The molecule has 0 heterocycles. The van der Waals surface area contributed by atoms with Crippen LogP contribution in [0.2, 0.25) is 0 Å². The van der Waals surface area contributed by atoms with Crippen molar-refractivity contribution in [3.63, 3.8) is 0 Å². The second-order valence-corrected chi connectivity index (χ2v) is 4.93. The van der Waals surface area contributed by atoms with E-state index >= 15 is 0 Å². The van der Waals surface area contributed by atoms with Crippen molar-refractivity contribution in [3.05, 3.63) is 36.2 Å². The molecule has 1 aromatic carbocycles. The maximum Gasteiger partial charge on any atom is 0.139 e. The van der Waals surface area contributed by atoms with E-state index in [-0.39, 0.29) is 19.0 Å². The molecule has 0 unspecified atom stereocenters. The lowest BCUT2D eigenvalue weighted by Crippen LogP contribution is -2.13. The quantitative estimate of drug-likeness (QED) is 0.748. The van der Waals surface area contributed by atoms with Crippen molar-refractivity contribution in [1.82, 2.24) is 4.72 Å². The Labute approximate surface area is 112 Å². The average Bonchev–Trinajstić information content (AvgIpc) is 2.35. The number of hydrogen-bond donors (Lipinski definition) is 2. The van der Waals surface area contributed by atoms with E-state index in [0.717, 1.165) is 4.90 Å². The molecule has 0 aliphatic heterocycles. The van der Waals surface area contributed by atoms with Crippen molar-refractivity contribution in [2.45, 2.75) is 24.8 Å². The monoisotopic (exact) mass is 270 g/mol. The Balaban J connectivity index is 2.43. The van der Waals surface area contributed by atoms with Crippen LogP contribution in [-0.2, 0) is 0 Å². The summed E-state index contributed by atoms with van der Waals surface area (Å²) in [6.07, 6.45) is 1.30. The molecule has 5 heteroatoms. The minimum absolute atomic E-state index is 0.0755. The summed E-state index contributed by atoms with van der Waals surface area (Å²) in [7, 11) is 0. The summed E-state index contributed by atoms with van der Waals surface area (Å²) in [6, 6.07) is 7.92. The fourth-order valence-corrected chi connectivity index (χ4v) is 1.77. The third kappa shape index (κ3) is 6.05. The van der Waals surface area contributed by atoms with E-state index in [4.69, 9.17) is 10.5 Å². The first kappa shape index (κ1) is 15.0. The van der Waals surface area contributed by atoms with Gasteiger partial charge in [-0.25, -0.2) is 4.39 Å². The minimum Gasteiger partial charge on any atom is -0.487 e. The number of halogens is 1. The molecule has 0 amide bonds. The molecule has 0 saturated carbocycles. The van der Waals surface area contributed by atoms with Crippen LogP contribution in [0.15, 0.2) is 41.1 Å². The van der Waals surface area contributed by atoms with Gasteiger partial charge in [-0.15, -0.1) is 0 Å². The highest BCUT2D eigenvalue weighted by molar-refractivity contribution is 7.97. The van der Waals surface area contributed by atoms with Gasteiger partial charge in [-0.2, -0.15) is 0 Å². The predicted molar refractivity (Wildman–Crippen MR) is 74.3 cm³/mol. The van der Waals surface area contributed by atoms with Gasteiger partial charge in [-0.3, -0.25) is 4.72 Å². The van der Waals surface area contributed by atoms with Crippen molar-refractivity contribution in [2.75, 3.05) is 13.2 Å². The van der Waals surface area contributed by atoms with Crippen molar-refractivity contribution >= 4 is 11.9 Å². The lowest BCUT2D eigenvalue weighted by molar-refractivity contribution is 0.318. The van der Waals surface area contributed by atoms with Gasteiger partial charge in [0, 0.05) is 17.5 Å². The molecule has 100 valence electrons. The van der Waals surface area contributed by atoms with Gasteiger partial charge in [-0.1, -0.05) is 0 Å². The Bertz CT molecular complexity index is 379. The zero-order chi connectivity index (χ0) is 13.4. The van der Waals surface area contributed by atoms with Crippen molar-refractivity contribution in [2.24, 2.45) is 5.73 Å². The summed E-state index contributed by atoms with van der Waals surface area (Å²) in [5.41, 5.74) is 5.19. The highest BCUT2D eigenvalue weighted by Gasteiger charge is 1.99. The molecule has 3 N–H and O–H groups in total. The van der Waals surface area contributed by atoms with E-state index in [1.807, 2.05) is 24.3 Å². The van der Waals surface area contributed by atoms with Crippen LogP contribution in [0.1, 0.15) is 13.8 Å². The number of nitrogens with two attached hydrogens (primary N) is 1. The highest BCUT2D eigenvalue weighted by atomic mass is 32.2. The van der Waals surface area contributed by atoms with E-state index in [1.165, 1.54) is 6.08 Å². The van der Waals surface area contributed by atoms with Gasteiger partial charge >= 0.3 is 0 Å². The largest absolute Gasteiger partial charge is 0.487 e. The van der Waals surface area contributed by atoms with Crippen molar-refractivity contribution < 1.29 is 9.13 Å². The van der Waals surface area contributed by atoms with Gasteiger partial charge in [0.05, 0.1) is 0 Å². The molecule has 3 nitrogen and oxygen atoms in total. The number of nitrogens with one attached hydrogen (secondary N) is 1. The van der Waals surface area contributed by atoms with Gasteiger partial charge in [0.2, 0.25) is 0 Å². The number of benzene rings is 1. The van der Waals surface area contributed by atoms with Gasteiger partial charge < -0.3 is 10.5 Å². The molecule has 18 heavy (non-hydrogen) atoms. The molecule has 0 bridgehead atoms. The van der Waals surface area contributed by atoms with Crippen LogP contribution in [0, 0.1) is 0 Å². The smallest absolute Gasteiger partial charge is 0.139 e. The first-order chi connectivity index (χ1) is 8.61. The Hall–Kier alpha value is -1.04. The van der Waals surface area contributed by atoms with E-state index in [2.05, 4.69) is 18.6 Å². The van der Waals surface area contributed by atoms with E-state index in [1.54, 1.807) is 11.9 Å². The number of hydrogen-bond acceptors (Lipinski definition) is 4. The second-order valence-electron chi connectivity index (χ2n) is 4.02. The van der Waals surface area contributed by atoms with Crippen LogP contribution < -0.4 is 15.2 Å². The van der Waals surface area contributed by atoms with Crippen LogP contribution in [0.4, 0.5) is 4.39 Å². The summed E-state index contributed by atoms with van der Waals surface area (Å²) in [4.78, 5) is 1.09. The molecule has 0 atom stereocenters. The minimum atomic E-state index is -0.350. The lowest BCUT2D eigenvalue weighted by atomic mass is 10.3. The molecule has 1 aromatic rings. The van der Waals surface area contributed by atoms with Crippen LogP contribution >= 0.6 is 11.9 Å². The molecule has 0 saturated heterocycles. The summed E-state index contributed by atoms with van der Waals surface area (Å²) in [5, 5.41) is 0. The molecule has 0 aliphatic rings. The molecular weight excluding hydrogens is 251 g/mol. The Morgan fingerprint density at radius 1 is 1.44 bits per heavy atom. The molecular formula is C13H19FN2OS. The SMILES string of the molecule is CC(C)NSc1ccc(OC/C(F)=C\CN)cc1. The maximum atomic E-state index is 13.0. The van der Waals surface area contributed by atoms with Gasteiger partial charge in [0.15, 0.2) is 0 Å². The Kier molecular flexibility index (Phi) is 6.78. The van der Waals surface area contributed by atoms with Crippen LogP contribution in [0.5, 0.6) is 5.75 Å². The van der Waals surface area contributed by atoms with Crippen LogP contribution in [0.3, 0.4) is 0 Å². The molecule has 0 radical (unpaired) electrons. The highest BCUT2D eigenvalue weighted by Crippen LogP contribution is 2.20. The fourth-order valence-electron chi connectivity index (χ4n) is 1.13. The Morgan fingerprint density at radius 2 is 2.11 bits per heavy atom. The standard InChI is InChI=1S/C13H19FN2OS/c1-10(2)16-18-13-5-3-12(4-6-13)17-9-11(14)7-8-15/h3-7,10,16H,8-9,15H2,1-2H3/b11-7+. The average molecular weight is 270 g/mol. The Morgan fingerprint density at radius 3 is 2.67 bits per heavy atom. The normalized spacial score (nSPS) is 11.9. The zero-order valence-electron chi connectivity index (χ0n) is 10.7. The molecule has 1 rings (SSSR count). The fraction of sp³-hybridized carbons (Fsp3) is 0.385. The third-order valence-corrected chi connectivity index (χ3v) is 3.05. The van der Waals surface area contributed by atoms with E-state index < -0.39 is 0 Å². The maximum absolute atomic E-state index is 13.0. The topological polar surface area (TPSA) is 47.3 Å². The lowest BCUT2D eigenvalue weighted by Gasteiger charge is -2.08. The summed E-state index contributed by atoms with van der Waals surface area (Å²) in [5.74, 6) is 0.293. The third-order valence-electron chi connectivity index (χ3n) is 1.95. The first-order valence-electron chi connectivity index (χ1n) is 5.81. The molecule has 0 spiro atoms. The summed E-state index contributed by atoms with van der Waals surface area (Å²) >= 11 is 1.56.